The van der Waals surface area contributed by atoms with Crippen LogP contribution in [0.4, 0.5) is 0 Å². The number of carboxylic acid groups (broad SMARTS) is 1. The van der Waals surface area contributed by atoms with Crippen LogP contribution in [0, 0.1) is 28.6 Å². The highest BCUT2D eigenvalue weighted by Gasteiger charge is 2.65. The van der Waals surface area contributed by atoms with E-state index in [4.69, 9.17) is 15.1 Å². The minimum Gasteiger partial charge on any atom is -0.480 e. The number of carbonyl (C=O) groups is 3. The first-order chi connectivity index (χ1) is 16.5. The molecule has 0 heterocycles. The second-order valence-corrected chi connectivity index (χ2v) is 11.4. The zero-order valence-corrected chi connectivity index (χ0v) is 20.9. The monoisotopic (exact) mass is 490 g/mol. The molecule has 0 bridgehead atoms. The summed E-state index contributed by atoms with van der Waals surface area (Å²) >= 11 is 0. The molecule has 0 aromatic heterocycles. The summed E-state index contributed by atoms with van der Waals surface area (Å²) in [4.78, 5) is 40.4. The molecule has 0 aromatic rings. The fourth-order valence-corrected chi connectivity index (χ4v) is 7.83. The number of amides is 1. The maximum absolute atomic E-state index is 12.4. The van der Waals surface area contributed by atoms with E-state index in [1.54, 1.807) is 0 Å². The van der Waals surface area contributed by atoms with E-state index < -0.39 is 36.7 Å². The number of nitrogens with one attached hydrogen (secondary N) is 1. The van der Waals surface area contributed by atoms with E-state index in [2.05, 4.69) is 30.4 Å². The summed E-state index contributed by atoms with van der Waals surface area (Å²) in [5.74, 6) is -0.696. The number of nitrogens with zero attached hydrogens (tertiary/aromatic N) is 1. The Morgan fingerprint density at radius 1 is 1.14 bits per heavy atom. The van der Waals surface area contributed by atoms with Crippen molar-refractivity contribution in [2.75, 3.05) is 13.2 Å². The maximum atomic E-state index is 12.4. The van der Waals surface area contributed by atoms with Crippen molar-refractivity contribution in [3.8, 4) is 0 Å². The minimum atomic E-state index is -1.37. The molecule has 4 rings (SSSR count). The first-order valence-electron chi connectivity index (χ1n) is 12.7. The fourth-order valence-electron chi connectivity index (χ4n) is 7.83. The summed E-state index contributed by atoms with van der Waals surface area (Å²) in [5, 5.41) is 35.5. The van der Waals surface area contributed by atoms with Crippen molar-refractivity contribution < 1.29 is 34.5 Å². The molecule has 0 spiro atoms. The van der Waals surface area contributed by atoms with Gasteiger partial charge in [0.2, 0.25) is 0 Å². The molecule has 4 aliphatic carbocycles. The topological polar surface area (TPSA) is 146 Å². The average molecular weight is 491 g/mol. The van der Waals surface area contributed by atoms with Gasteiger partial charge in [0.1, 0.15) is 11.6 Å². The molecule has 4 aliphatic rings. The lowest BCUT2D eigenvalue weighted by Crippen LogP contribution is -2.57. The highest BCUT2D eigenvalue weighted by molar-refractivity contribution is 5.96. The van der Waals surface area contributed by atoms with Crippen LogP contribution in [0.2, 0.25) is 0 Å². The molecule has 4 N–H and O–H groups in total. The van der Waals surface area contributed by atoms with Gasteiger partial charge in [0, 0.05) is 5.41 Å². The van der Waals surface area contributed by atoms with Crippen LogP contribution in [-0.2, 0) is 19.2 Å². The van der Waals surface area contributed by atoms with E-state index in [0.29, 0.717) is 24.2 Å². The van der Waals surface area contributed by atoms with Gasteiger partial charge in [-0.15, -0.1) is 0 Å². The quantitative estimate of drug-likeness (QED) is 0.400. The highest BCUT2D eigenvalue weighted by Crippen LogP contribution is 2.67. The highest BCUT2D eigenvalue weighted by atomic mass is 16.6. The molecule has 9 heteroatoms. The first-order valence-corrected chi connectivity index (χ1v) is 12.7. The zero-order chi connectivity index (χ0) is 25.6. The van der Waals surface area contributed by atoms with Gasteiger partial charge in [-0.05, 0) is 87.5 Å². The minimum absolute atomic E-state index is 0.0490. The summed E-state index contributed by atoms with van der Waals surface area (Å²) < 4.78 is 0. The van der Waals surface area contributed by atoms with Crippen LogP contribution in [0.3, 0.4) is 0 Å². The number of aliphatic hydroxyl groups is 2. The Labute approximate surface area is 206 Å². The standard InChI is InChI=1S/C26H38N2O7/c1-15(30)26(34)11-8-20-18-5-4-16-12-17(28-35-14-22(31)27-21(13-29)23(32)33)6-9-24(16,2)19(18)7-10-25(20,26)3/h12,18-21,29,34H,4-11,13-14H2,1-3H3,(H,27,31)(H,32,33). The van der Waals surface area contributed by atoms with E-state index in [-0.39, 0.29) is 16.6 Å². The Kier molecular flexibility index (Phi) is 6.87. The second-order valence-electron chi connectivity index (χ2n) is 11.4. The third-order valence-corrected chi connectivity index (χ3v) is 9.90. The van der Waals surface area contributed by atoms with Crippen LogP contribution >= 0.6 is 0 Å². The van der Waals surface area contributed by atoms with Crippen LogP contribution < -0.4 is 5.32 Å². The van der Waals surface area contributed by atoms with Crippen molar-refractivity contribution >= 4 is 23.4 Å². The predicted molar refractivity (Wildman–Crippen MR) is 127 cm³/mol. The lowest BCUT2D eigenvalue weighted by Gasteiger charge is -2.59. The molecule has 7 atom stereocenters. The Bertz CT molecular complexity index is 961. The van der Waals surface area contributed by atoms with Gasteiger partial charge < -0.3 is 25.5 Å². The lowest BCUT2D eigenvalue weighted by atomic mass is 9.46. The van der Waals surface area contributed by atoms with Gasteiger partial charge in [0.15, 0.2) is 12.4 Å². The number of hydrogen-bond donors (Lipinski definition) is 4. The molecule has 0 aliphatic heterocycles. The van der Waals surface area contributed by atoms with Gasteiger partial charge in [-0.25, -0.2) is 4.79 Å². The number of hydrogen-bond acceptors (Lipinski definition) is 7. The lowest BCUT2D eigenvalue weighted by molar-refractivity contribution is -0.159. The zero-order valence-electron chi connectivity index (χ0n) is 20.9. The van der Waals surface area contributed by atoms with E-state index in [9.17, 15) is 19.5 Å². The fraction of sp³-hybridized carbons (Fsp3) is 0.769. The molecule has 0 saturated heterocycles. The first kappa shape index (κ1) is 25.8. The van der Waals surface area contributed by atoms with Gasteiger partial charge >= 0.3 is 5.97 Å². The molecule has 194 valence electrons. The average Bonchev–Trinajstić information content (AvgIpc) is 3.09. The number of ketones is 1. The van der Waals surface area contributed by atoms with Crippen LogP contribution in [-0.4, -0.2) is 63.5 Å². The van der Waals surface area contributed by atoms with E-state index in [1.165, 1.54) is 12.5 Å². The molecule has 0 aromatic carbocycles. The number of aliphatic hydroxyl groups excluding tert-OH is 1. The summed E-state index contributed by atoms with van der Waals surface area (Å²) in [7, 11) is 0. The van der Waals surface area contributed by atoms with Gasteiger partial charge in [-0.1, -0.05) is 24.6 Å². The molecule has 35 heavy (non-hydrogen) atoms. The van der Waals surface area contributed by atoms with Gasteiger partial charge in [0.25, 0.3) is 5.91 Å². The summed E-state index contributed by atoms with van der Waals surface area (Å²) in [6, 6.07) is -1.37. The van der Waals surface area contributed by atoms with Crippen molar-refractivity contribution in [1.29, 1.82) is 0 Å². The number of carbonyl (C=O) groups excluding carboxylic acids is 2. The number of allylic oxidation sites excluding steroid dienone is 2. The van der Waals surface area contributed by atoms with Gasteiger partial charge in [0.05, 0.1) is 12.3 Å². The molecule has 7 unspecified atom stereocenters. The normalized spacial score (nSPS) is 40.1. The van der Waals surface area contributed by atoms with Crippen molar-refractivity contribution in [3.63, 3.8) is 0 Å². The van der Waals surface area contributed by atoms with Crippen LogP contribution in [0.15, 0.2) is 16.8 Å². The number of rotatable bonds is 7. The molecular formula is C26H38N2O7. The van der Waals surface area contributed by atoms with Crippen molar-refractivity contribution in [3.05, 3.63) is 11.6 Å². The third-order valence-electron chi connectivity index (χ3n) is 9.90. The molecule has 0 radical (unpaired) electrons. The van der Waals surface area contributed by atoms with Gasteiger partial charge in [-0.3, -0.25) is 9.59 Å². The van der Waals surface area contributed by atoms with E-state index in [1.807, 2.05) is 0 Å². The van der Waals surface area contributed by atoms with Crippen LogP contribution in [0.5, 0.6) is 0 Å². The number of oxime groups is 1. The number of fused-ring (bicyclic) bond motifs is 5. The number of aliphatic carboxylic acids is 1. The summed E-state index contributed by atoms with van der Waals surface area (Å²) in [6.45, 7) is 4.90. The maximum Gasteiger partial charge on any atom is 0.328 e. The molecule has 3 saturated carbocycles. The van der Waals surface area contributed by atoms with Crippen LogP contribution in [0.1, 0.15) is 72.1 Å². The molecule has 3 fully saturated rings. The molecule has 1 amide bonds. The Morgan fingerprint density at radius 2 is 1.86 bits per heavy atom. The molecular weight excluding hydrogens is 452 g/mol. The third kappa shape index (κ3) is 4.20. The van der Waals surface area contributed by atoms with Crippen molar-refractivity contribution in [2.45, 2.75) is 83.8 Å². The van der Waals surface area contributed by atoms with Crippen molar-refractivity contribution in [2.24, 2.45) is 33.7 Å². The number of Topliss-reactive ketones (excluding diaryl/α,β-unsaturated/α-hetero) is 1. The number of carboxylic acids is 1. The van der Waals surface area contributed by atoms with E-state index in [0.717, 1.165) is 50.7 Å². The largest absolute Gasteiger partial charge is 0.480 e. The Balaban J connectivity index is 1.43. The SMILES string of the molecule is CC(=O)C1(O)CCC2C3CCC4=CC(=NOCC(=O)NC(CO)C(=O)O)CCC4(C)C3CCC21C. The van der Waals surface area contributed by atoms with Crippen molar-refractivity contribution in [1.82, 2.24) is 5.32 Å². The second kappa shape index (κ2) is 9.32. The van der Waals surface area contributed by atoms with E-state index >= 15 is 0 Å². The Morgan fingerprint density at radius 3 is 2.51 bits per heavy atom. The summed E-state index contributed by atoms with van der Waals surface area (Å²) in [5.41, 5.74) is 0.632. The Hall–Kier alpha value is -2.26. The van der Waals surface area contributed by atoms with Crippen LogP contribution in [0.25, 0.3) is 0 Å². The predicted octanol–water partition coefficient (Wildman–Crippen LogP) is 2.20. The smallest absolute Gasteiger partial charge is 0.328 e. The van der Waals surface area contributed by atoms with Gasteiger partial charge in [-0.2, -0.15) is 0 Å². The molecule has 9 nitrogen and oxygen atoms in total. The summed E-state index contributed by atoms with van der Waals surface area (Å²) in [6.07, 6.45) is 9.07.